The van der Waals surface area contributed by atoms with Gasteiger partial charge < -0.3 is 9.88 Å². The number of aromatic nitrogens is 3. The number of sulfonamides is 1. The molecule has 0 aliphatic rings. The Morgan fingerprint density at radius 3 is 2.47 bits per heavy atom. The first-order valence-corrected chi connectivity index (χ1v) is 13.0. The predicted octanol–water partition coefficient (Wildman–Crippen LogP) is 3.50. The predicted molar refractivity (Wildman–Crippen MR) is 132 cm³/mol. The van der Waals surface area contributed by atoms with E-state index in [-0.39, 0.29) is 10.8 Å². The van der Waals surface area contributed by atoms with E-state index < -0.39 is 15.3 Å². The van der Waals surface area contributed by atoms with Crippen LogP contribution in [0.25, 0.3) is 11.4 Å². The molecule has 9 nitrogen and oxygen atoms in total. The average Bonchev–Trinajstić information content (AvgIpc) is 3.20. The maximum absolute atomic E-state index is 12.9. The molecular formula is C23H26N6O3S2. The lowest BCUT2D eigenvalue weighted by Gasteiger charge is -2.18. The molecule has 3 aromatic rings. The van der Waals surface area contributed by atoms with E-state index in [0.717, 1.165) is 0 Å². The van der Waals surface area contributed by atoms with Crippen LogP contribution in [0.3, 0.4) is 0 Å². The third-order valence-electron chi connectivity index (χ3n) is 5.20. The van der Waals surface area contributed by atoms with Gasteiger partial charge in [-0.2, -0.15) is 9.57 Å². The summed E-state index contributed by atoms with van der Waals surface area (Å²) in [4.78, 5) is 12.8. The van der Waals surface area contributed by atoms with Crippen LogP contribution in [0.15, 0.2) is 58.6 Å². The molecule has 11 heteroatoms. The maximum atomic E-state index is 12.9. The highest BCUT2D eigenvalue weighted by Gasteiger charge is 2.23. The van der Waals surface area contributed by atoms with Crippen LogP contribution in [0.2, 0.25) is 0 Å². The zero-order valence-electron chi connectivity index (χ0n) is 19.4. The standard InChI is InChI=1S/C23H26N6O3S2/c1-5-29(6-2)34(31,32)20-9-7-8-18(14-20)21-26-27-23(28(21)4)33-16(3)22(30)25-19-12-10-17(15-24)11-13-19/h7-14,16H,5-6H2,1-4H3,(H,25,30). The van der Waals surface area contributed by atoms with Crippen molar-refractivity contribution < 1.29 is 13.2 Å². The molecule has 1 atom stereocenters. The largest absolute Gasteiger partial charge is 0.325 e. The Morgan fingerprint density at radius 2 is 1.85 bits per heavy atom. The highest BCUT2D eigenvalue weighted by atomic mass is 32.2. The topological polar surface area (TPSA) is 121 Å². The van der Waals surface area contributed by atoms with Gasteiger partial charge in [0.1, 0.15) is 0 Å². The number of anilines is 1. The van der Waals surface area contributed by atoms with E-state index in [1.807, 2.05) is 6.07 Å². The van der Waals surface area contributed by atoms with Crippen LogP contribution in [-0.4, -0.2) is 51.7 Å². The molecule has 0 saturated carbocycles. The van der Waals surface area contributed by atoms with E-state index in [1.165, 1.54) is 16.1 Å². The molecule has 0 aliphatic heterocycles. The number of nitriles is 1. The second-order valence-corrected chi connectivity index (χ2v) is 10.7. The van der Waals surface area contributed by atoms with Crippen molar-refractivity contribution in [3.63, 3.8) is 0 Å². The van der Waals surface area contributed by atoms with Gasteiger partial charge in [0.2, 0.25) is 15.9 Å². The van der Waals surface area contributed by atoms with E-state index in [1.54, 1.807) is 80.9 Å². The monoisotopic (exact) mass is 498 g/mol. The third kappa shape index (κ3) is 5.47. The number of hydrogen-bond acceptors (Lipinski definition) is 7. The summed E-state index contributed by atoms with van der Waals surface area (Å²) >= 11 is 1.24. The van der Waals surface area contributed by atoms with Crippen LogP contribution < -0.4 is 5.32 Å². The lowest BCUT2D eigenvalue weighted by Crippen LogP contribution is -2.30. The number of rotatable bonds is 9. The lowest BCUT2D eigenvalue weighted by molar-refractivity contribution is -0.115. The van der Waals surface area contributed by atoms with Gasteiger partial charge >= 0.3 is 0 Å². The summed E-state index contributed by atoms with van der Waals surface area (Å²) in [7, 11) is -1.83. The second kappa shape index (κ2) is 10.8. The SMILES string of the molecule is CCN(CC)S(=O)(=O)c1cccc(-c2nnc(SC(C)C(=O)Nc3ccc(C#N)cc3)n2C)c1. The molecule has 34 heavy (non-hydrogen) atoms. The number of thioether (sulfide) groups is 1. The van der Waals surface area contributed by atoms with Crippen LogP contribution >= 0.6 is 11.8 Å². The highest BCUT2D eigenvalue weighted by molar-refractivity contribution is 8.00. The fourth-order valence-corrected chi connectivity index (χ4v) is 5.58. The quantitative estimate of drug-likeness (QED) is 0.448. The normalized spacial score (nSPS) is 12.4. The summed E-state index contributed by atoms with van der Waals surface area (Å²) in [5.74, 6) is 0.283. The van der Waals surface area contributed by atoms with Crippen LogP contribution in [0.1, 0.15) is 26.3 Å². The second-order valence-electron chi connectivity index (χ2n) is 7.42. The number of carbonyl (C=O) groups excluding carboxylic acids is 1. The number of hydrogen-bond donors (Lipinski definition) is 1. The highest BCUT2D eigenvalue weighted by Crippen LogP contribution is 2.28. The maximum Gasteiger partial charge on any atom is 0.243 e. The first kappa shape index (κ1) is 25.4. The molecule has 0 fully saturated rings. The van der Waals surface area contributed by atoms with Gasteiger partial charge in [0.15, 0.2) is 11.0 Å². The fraction of sp³-hybridized carbons (Fsp3) is 0.304. The van der Waals surface area contributed by atoms with E-state index in [9.17, 15) is 13.2 Å². The molecule has 2 aromatic carbocycles. The van der Waals surface area contributed by atoms with E-state index in [2.05, 4.69) is 15.5 Å². The first-order valence-electron chi connectivity index (χ1n) is 10.7. The molecule has 178 valence electrons. The average molecular weight is 499 g/mol. The Hall–Kier alpha value is -3.20. The lowest BCUT2D eigenvalue weighted by atomic mass is 10.2. The van der Waals surface area contributed by atoms with Crippen LogP contribution in [0.4, 0.5) is 5.69 Å². The Balaban J connectivity index is 1.77. The fourth-order valence-electron chi connectivity index (χ4n) is 3.26. The molecule has 0 radical (unpaired) electrons. The van der Waals surface area contributed by atoms with Gasteiger partial charge in [0.05, 0.1) is 21.8 Å². The molecular weight excluding hydrogens is 472 g/mol. The van der Waals surface area contributed by atoms with Crippen molar-refractivity contribution in [1.29, 1.82) is 5.26 Å². The minimum Gasteiger partial charge on any atom is -0.325 e. The van der Waals surface area contributed by atoms with Crippen molar-refractivity contribution in [2.75, 3.05) is 18.4 Å². The summed E-state index contributed by atoms with van der Waals surface area (Å²) < 4.78 is 28.9. The Kier molecular flexibility index (Phi) is 8.09. The molecule has 1 aromatic heterocycles. The Morgan fingerprint density at radius 1 is 1.18 bits per heavy atom. The summed E-state index contributed by atoms with van der Waals surface area (Å²) in [6.45, 7) is 6.13. The van der Waals surface area contributed by atoms with Crippen LogP contribution in [0, 0.1) is 11.3 Å². The van der Waals surface area contributed by atoms with Gasteiger partial charge in [-0.1, -0.05) is 37.7 Å². The smallest absolute Gasteiger partial charge is 0.243 e. The van der Waals surface area contributed by atoms with Gasteiger partial charge in [0, 0.05) is 31.4 Å². The molecule has 1 N–H and O–H groups in total. The molecule has 0 bridgehead atoms. The summed E-state index contributed by atoms with van der Waals surface area (Å²) in [5.41, 5.74) is 1.73. The van der Waals surface area contributed by atoms with Crippen molar-refractivity contribution in [3.05, 3.63) is 54.1 Å². The van der Waals surface area contributed by atoms with Gasteiger partial charge in [0.25, 0.3) is 0 Å². The van der Waals surface area contributed by atoms with Gasteiger partial charge in [-0.3, -0.25) is 4.79 Å². The van der Waals surface area contributed by atoms with Crippen molar-refractivity contribution in [2.24, 2.45) is 7.05 Å². The Labute approximate surface area is 203 Å². The van der Waals surface area contributed by atoms with E-state index in [4.69, 9.17) is 5.26 Å². The third-order valence-corrected chi connectivity index (χ3v) is 8.38. The van der Waals surface area contributed by atoms with Crippen molar-refractivity contribution in [1.82, 2.24) is 19.1 Å². The number of nitrogens with one attached hydrogen (secondary N) is 1. The summed E-state index contributed by atoms with van der Waals surface area (Å²) in [6, 6.07) is 15.3. The molecule has 1 unspecified atom stereocenters. The van der Waals surface area contributed by atoms with Gasteiger partial charge in [-0.15, -0.1) is 10.2 Å². The molecule has 0 aliphatic carbocycles. The minimum atomic E-state index is -3.60. The van der Waals surface area contributed by atoms with E-state index >= 15 is 0 Å². The Bertz CT molecular complexity index is 1310. The summed E-state index contributed by atoms with van der Waals surface area (Å²) in [5, 5.41) is 20.2. The zero-order chi connectivity index (χ0) is 24.9. The van der Waals surface area contributed by atoms with Crippen molar-refractivity contribution in [3.8, 4) is 17.5 Å². The minimum absolute atomic E-state index is 0.195. The van der Waals surface area contributed by atoms with Crippen molar-refractivity contribution in [2.45, 2.75) is 36.1 Å². The first-order chi connectivity index (χ1) is 16.2. The van der Waals surface area contributed by atoms with E-state index in [0.29, 0.717) is 40.9 Å². The molecule has 1 heterocycles. The van der Waals surface area contributed by atoms with Crippen molar-refractivity contribution >= 4 is 33.4 Å². The van der Waals surface area contributed by atoms with Crippen LogP contribution in [-0.2, 0) is 21.9 Å². The molecule has 1 amide bonds. The van der Waals surface area contributed by atoms with Gasteiger partial charge in [-0.05, 0) is 43.3 Å². The van der Waals surface area contributed by atoms with Gasteiger partial charge in [-0.25, -0.2) is 8.42 Å². The number of carbonyl (C=O) groups is 1. The zero-order valence-corrected chi connectivity index (χ0v) is 21.0. The molecule has 0 spiro atoms. The number of benzene rings is 2. The number of nitrogens with zero attached hydrogens (tertiary/aromatic N) is 5. The summed E-state index contributed by atoms with van der Waals surface area (Å²) in [6.07, 6.45) is 0. The van der Waals surface area contributed by atoms with Crippen LogP contribution in [0.5, 0.6) is 0 Å². The molecule has 0 saturated heterocycles. The number of amides is 1. The molecule has 3 rings (SSSR count).